The lowest BCUT2D eigenvalue weighted by molar-refractivity contribution is -0.157. The summed E-state index contributed by atoms with van der Waals surface area (Å²) in [4.78, 5) is 152. The van der Waals surface area contributed by atoms with E-state index in [1.54, 1.807) is 69.2 Å². The first-order chi connectivity index (χ1) is 37.9. The van der Waals surface area contributed by atoms with Crippen molar-refractivity contribution in [3.63, 3.8) is 0 Å². The van der Waals surface area contributed by atoms with Crippen LogP contribution in [0, 0.1) is 29.6 Å². The molecule has 9 amide bonds. The molecule has 0 bridgehead atoms. The van der Waals surface area contributed by atoms with Gasteiger partial charge in [0.1, 0.15) is 60.5 Å². The molecule has 0 aliphatic carbocycles. The molecular formula is C56H99N9O16. The standard InChI is InChI=1S/C56H99N9O16/c1-13-14-15-16-17-18-19-20-36(68)27-44(69)57-38(23-30(2)3)49(73)58-37(21-22-45(70)71)48(72)65-47-35(12)81-56(80)41(26-33(8)9)61-53(77)43(29-67)63-50(74)39(24-31(4)5)59-52(76)42(28-66)62-51(75)40(25-32(6)7)60-54(78)46(34(10)11)64-55(47)79/h30-43,46-47,66-68H,13-29H2,1-12H3,(H,57,69)(H,58,73)(H,59,76)(H,60,78)(H,61,77)(H,62,75)(H,63,74)(H,64,79)(H,65,72)(H,70,71)/t35-,36-,37-,38+,39+,40+,41+,42-,43-,46-,47-/m1/s1. The molecule has 1 fully saturated rings. The number of ether oxygens (including phenoxy) is 1. The zero-order valence-corrected chi connectivity index (χ0v) is 49.9. The fraction of sp³-hybridized carbons (Fsp3) is 0.804. The molecular weight excluding hydrogens is 1050 g/mol. The second-order valence-electron chi connectivity index (χ2n) is 23.4. The Morgan fingerprint density at radius 1 is 0.543 bits per heavy atom. The van der Waals surface area contributed by atoms with E-state index in [2.05, 4.69) is 54.8 Å². The molecule has 1 heterocycles. The van der Waals surface area contributed by atoms with E-state index in [0.717, 1.165) is 38.5 Å². The number of carboxylic acids is 1. The fourth-order valence-corrected chi connectivity index (χ4v) is 9.01. The second kappa shape index (κ2) is 37.9. The van der Waals surface area contributed by atoms with E-state index in [0.29, 0.717) is 12.8 Å². The van der Waals surface area contributed by atoms with E-state index < -0.39 is 164 Å². The van der Waals surface area contributed by atoms with Crippen molar-refractivity contribution in [3.05, 3.63) is 0 Å². The minimum absolute atomic E-state index is 0.00946. The third kappa shape index (κ3) is 28.5. The van der Waals surface area contributed by atoms with Crippen LogP contribution in [0.15, 0.2) is 0 Å². The Bertz CT molecular complexity index is 2060. The number of hydrogen-bond acceptors (Lipinski definition) is 15. The third-order valence-electron chi connectivity index (χ3n) is 13.4. The van der Waals surface area contributed by atoms with Crippen molar-refractivity contribution >= 4 is 65.1 Å². The van der Waals surface area contributed by atoms with Gasteiger partial charge in [-0.3, -0.25) is 47.9 Å². The van der Waals surface area contributed by atoms with Crippen molar-refractivity contribution in [1.29, 1.82) is 0 Å². The summed E-state index contributed by atoms with van der Waals surface area (Å²) in [7, 11) is 0. The van der Waals surface area contributed by atoms with Crippen LogP contribution in [0.5, 0.6) is 0 Å². The summed E-state index contributed by atoms with van der Waals surface area (Å²) in [6.07, 6.45) is 3.15. The number of esters is 1. The molecule has 11 atom stereocenters. The molecule has 25 heteroatoms. The number of carbonyl (C=O) groups excluding carboxylic acids is 10. The number of unbranched alkanes of at least 4 members (excludes halogenated alkanes) is 6. The number of aliphatic carboxylic acids is 1. The number of amides is 9. The van der Waals surface area contributed by atoms with Gasteiger partial charge in [0.25, 0.3) is 0 Å². The summed E-state index contributed by atoms with van der Waals surface area (Å²) >= 11 is 0. The van der Waals surface area contributed by atoms with E-state index >= 15 is 0 Å². The number of carboxylic acid groups (broad SMARTS) is 1. The highest BCUT2D eigenvalue weighted by molar-refractivity contribution is 5.99. The Labute approximate surface area is 478 Å². The molecule has 0 aromatic rings. The quantitative estimate of drug-likeness (QED) is 0.0365. The van der Waals surface area contributed by atoms with Crippen LogP contribution in [-0.2, 0) is 57.5 Å². The van der Waals surface area contributed by atoms with Gasteiger partial charge < -0.3 is 73.0 Å². The molecule has 0 unspecified atom stereocenters. The number of aliphatic hydroxyl groups is 3. The number of hydrogen-bond donors (Lipinski definition) is 13. The second-order valence-corrected chi connectivity index (χ2v) is 23.4. The highest BCUT2D eigenvalue weighted by Gasteiger charge is 2.40. The van der Waals surface area contributed by atoms with E-state index in [-0.39, 0.29) is 55.8 Å². The number of rotatable bonds is 29. The minimum atomic E-state index is -1.95. The van der Waals surface area contributed by atoms with Crippen molar-refractivity contribution in [2.45, 2.75) is 246 Å². The molecule has 13 N–H and O–H groups in total. The topological polar surface area (TPSA) is 386 Å². The Morgan fingerprint density at radius 3 is 1.47 bits per heavy atom. The van der Waals surface area contributed by atoms with Crippen LogP contribution in [0.3, 0.4) is 0 Å². The third-order valence-corrected chi connectivity index (χ3v) is 13.4. The van der Waals surface area contributed by atoms with Gasteiger partial charge in [-0.05, 0) is 75.0 Å². The van der Waals surface area contributed by atoms with Crippen LogP contribution in [0.25, 0.3) is 0 Å². The summed E-state index contributed by atoms with van der Waals surface area (Å²) in [5.74, 6) is -13.0. The lowest BCUT2D eigenvalue weighted by Gasteiger charge is -2.32. The lowest BCUT2D eigenvalue weighted by atomic mass is 9.98. The highest BCUT2D eigenvalue weighted by Crippen LogP contribution is 2.16. The first kappa shape index (κ1) is 73.1. The maximum Gasteiger partial charge on any atom is 0.328 e. The molecule has 1 aliphatic rings. The first-order valence-corrected chi connectivity index (χ1v) is 29.0. The predicted octanol–water partition coefficient (Wildman–Crippen LogP) is 0.876. The average Bonchev–Trinajstić information content (AvgIpc) is 3.36. The number of aliphatic hydroxyl groups excluding tert-OH is 3. The summed E-state index contributed by atoms with van der Waals surface area (Å²) in [5.41, 5.74) is 0. The summed E-state index contributed by atoms with van der Waals surface area (Å²) in [6.45, 7) is 18.4. The van der Waals surface area contributed by atoms with Crippen molar-refractivity contribution in [1.82, 2.24) is 47.9 Å². The normalized spacial score (nSPS) is 23.4. The summed E-state index contributed by atoms with van der Waals surface area (Å²) < 4.78 is 5.81. The molecule has 0 aromatic carbocycles. The Kier molecular flexibility index (Phi) is 34.2. The van der Waals surface area contributed by atoms with Crippen LogP contribution in [0.2, 0.25) is 0 Å². The maximum absolute atomic E-state index is 14.7. The monoisotopic (exact) mass is 1150 g/mol. The molecule has 0 radical (unpaired) electrons. The van der Waals surface area contributed by atoms with Crippen molar-refractivity contribution < 1.29 is 77.9 Å². The number of nitrogens with one attached hydrogen (secondary N) is 9. The van der Waals surface area contributed by atoms with Gasteiger partial charge in [-0.25, -0.2) is 4.79 Å². The summed E-state index contributed by atoms with van der Waals surface area (Å²) in [5, 5.41) is 63.6. The SMILES string of the molecule is CCCCCCCCC[C@@H](O)CC(=O)N[C@@H](CC(C)C)C(=O)N[C@H](CCC(=O)O)C(=O)N[C@H]1C(=O)N[C@H](C(C)C)C(=O)N[C@@H](CC(C)C)C(=O)N[C@H](CO)C(=O)N[C@@H](CC(C)C)C(=O)N[C@H](CO)C(=O)N[C@@H](CC(C)C)C(=O)O[C@@H]1C. The van der Waals surface area contributed by atoms with E-state index in [9.17, 15) is 73.2 Å². The average molecular weight is 1150 g/mol. The molecule has 0 spiro atoms. The smallest absolute Gasteiger partial charge is 0.328 e. The predicted molar refractivity (Wildman–Crippen MR) is 300 cm³/mol. The van der Waals surface area contributed by atoms with E-state index in [4.69, 9.17) is 4.74 Å². The van der Waals surface area contributed by atoms with Crippen molar-refractivity contribution in [2.24, 2.45) is 29.6 Å². The van der Waals surface area contributed by atoms with Crippen molar-refractivity contribution in [2.75, 3.05) is 13.2 Å². The zero-order chi connectivity index (χ0) is 61.7. The van der Waals surface area contributed by atoms with E-state index in [1.807, 2.05) is 0 Å². The molecule has 1 aliphatic heterocycles. The van der Waals surface area contributed by atoms with Gasteiger partial charge in [0.2, 0.25) is 53.2 Å². The fourth-order valence-electron chi connectivity index (χ4n) is 9.01. The Balaban J connectivity index is 3.92. The molecule has 1 saturated heterocycles. The van der Waals surface area contributed by atoms with Gasteiger partial charge >= 0.3 is 11.9 Å². The first-order valence-electron chi connectivity index (χ1n) is 29.0. The van der Waals surface area contributed by atoms with Gasteiger partial charge in [0.15, 0.2) is 0 Å². The summed E-state index contributed by atoms with van der Waals surface area (Å²) in [6, 6.07) is -14.1. The number of carbonyl (C=O) groups is 11. The van der Waals surface area contributed by atoms with Crippen LogP contribution in [0.4, 0.5) is 0 Å². The largest absolute Gasteiger partial charge is 0.481 e. The Hall–Kier alpha value is -5.95. The maximum atomic E-state index is 14.7. The molecule has 0 aromatic heterocycles. The van der Waals surface area contributed by atoms with Crippen LogP contribution >= 0.6 is 0 Å². The zero-order valence-electron chi connectivity index (χ0n) is 49.9. The van der Waals surface area contributed by atoms with Crippen LogP contribution < -0.4 is 47.9 Å². The molecule has 464 valence electrons. The van der Waals surface area contributed by atoms with Crippen molar-refractivity contribution in [3.8, 4) is 0 Å². The highest BCUT2D eigenvalue weighted by atomic mass is 16.5. The van der Waals surface area contributed by atoms with Gasteiger partial charge in [0, 0.05) is 6.42 Å². The molecule has 81 heavy (non-hydrogen) atoms. The Morgan fingerprint density at radius 2 is 1.00 bits per heavy atom. The van der Waals surface area contributed by atoms with Crippen LogP contribution in [-0.4, -0.2) is 165 Å². The van der Waals surface area contributed by atoms with Gasteiger partial charge in [0.05, 0.1) is 25.7 Å². The molecule has 0 saturated carbocycles. The molecule has 25 nitrogen and oxygen atoms in total. The van der Waals surface area contributed by atoms with E-state index in [1.165, 1.54) is 6.92 Å². The number of cyclic esters (lactones) is 1. The molecule has 1 rings (SSSR count). The van der Waals surface area contributed by atoms with Crippen LogP contribution in [0.1, 0.15) is 179 Å². The van der Waals surface area contributed by atoms with Gasteiger partial charge in [-0.2, -0.15) is 0 Å². The van der Waals surface area contributed by atoms with Gasteiger partial charge in [-0.1, -0.05) is 121 Å². The minimum Gasteiger partial charge on any atom is -0.481 e. The lowest BCUT2D eigenvalue weighted by Crippen LogP contribution is -2.63. The van der Waals surface area contributed by atoms with Gasteiger partial charge in [-0.15, -0.1) is 0 Å².